The fraction of sp³-hybridized carbons (Fsp3) is 0.250. The van der Waals surface area contributed by atoms with E-state index < -0.39 is 10.0 Å². The Morgan fingerprint density at radius 2 is 2.18 bits per heavy atom. The lowest BCUT2D eigenvalue weighted by molar-refractivity contribution is 0.602. The average molecular weight is 337 g/mol. The molecule has 2 aromatic heterocycles. The van der Waals surface area contributed by atoms with Crippen LogP contribution in [0.2, 0.25) is 0 Å². The summed E-state index contributed by atoms with van der Waals surface area (Å²) in [7, 11) is -3.63. The number of hydrogen-bond donors (Lipinski definition) is 2. The van der Waals surface area contributed by atoms with Gasteiger partial charge in [0.15, 0.2) is 10.0 Å². The normalized spacial score (nSPS) is 11.7. The van der Waals surface area contributed by atoms with Gasteiger partial charge in [0, 0.05) is 11.3 Å². The number of halogens is 1. The number of hydrogen-bond acceptors (Lipinski definition) is 5. The van der Waals surface area contributed by atoms with Crippen LogP contribution in [0.5, 0.6) is 0 Å². The van der Waals surface area contributed by atoms with E-state index >= 15 is 0 Å². The highest BCUT2D eigenvalue weighted by molar-refractivity contribution is 9.10. The molecule has 0 atom stereocenters. The maximum atomic E-state index is 12.0. The van der Waals surface area contributed by atoms with Crippen molar-refractivity contribution in [2.45, 2.75) is 18.1 Å². The molecule has 2 rings (SSSR count). The van der Waals surface area contributed by atoms with Crippen LogP contribution >= 0.6 is 27.5 Å². The van der Waals surface area contributed by atoms with Crippen LogP contribution in [0.4, 0.5) is 5.82 Å². The van der Waals surface area contributed by atoms with Crippen LogP contribution in [0.25, 0.3) is 0 Å². The standard InChI is InChI=1S/C8H9BrN4O2S2/c1-4-5(2)11-12-7(4)13-17(14,15)8-6(9)3-10-16-8/h3H,1-2H3,(H2,11,12,13). The number of aromatic amines is 1. The Labute approximate surface area is 111 Å². The molecule has 0 bridgehead atoms. The SMILES string of the molecule is Cc1[nH]nc(NS(=O)(=O)c2sncc2Br)c1C. The summed E-state index contributed by atoms with van der Waals surface area (Å²) < 4.78 is 30.8. The number of nitrogens with zero attached hydrogens (tertiary/aromatic N) is 2. The van der Waals surface area contributed by atoms with Crippen molar-refractivity contribution < 1.29 is 8.42 Å². The summed E-state index contributed by atoms with van der Waals surface area (Å²) in [6.07, 6.45) is 1.45. The van der Waals surface area contributed by atoms with Gasteiger partial charge in [0.05, 0.1) is 10.7 Å². The quantitative estimate of drug-likeness (QED) is 0.897. The molecule has 0 amide bonds. The molecule has 0 aliphatic heterocycles. The van der Waals surface area contributed by atoms with Gasteiger partial charge < -0.3 is 0 Å². The lowest BCUT2D eigenvalue weighted by Crippen LogP contribution is -2.13. The smallest absolute Gasteiger partial charge is 0.275 e. The zero-order valence-electron chi connectivity index (χ0n) is 8.98. The molecule has 0 aliphatic carbocycles. The van der Waals surface area contributed by atoms with E-state index in [1.165, 1.54) is 6.20 Å². The summed E-state index contributed by atoms with van der Waals surface area (Å²) in [4.78, 5) is 0. The maximum absolute atomic E-state index is 12.0. The van der Waals surface area contributed by atoms with Crippen LogP contribution in [0, 0.1) is 13.8 Å². The molecule has 0 saturated heterocycles. The van der Waals surface area contributed by atoms with Crippen molar-refractivity contribution in [3.8, 4) is 0 Å². The Balaban J connectivity index is 2.37. The van der Waals surface area contributed by atoms with E-state index in [-0.39, 0.29) is 4.21 Å². The molecule has 17 heavy (non-hydrogen) atoms. The topological polar surface area (TPSA) is 87.7 Å². The third-order valence-electron chi connectivity index (χ3n) is 2.22. The molecule has 0 spiro atoms. The Bertz CT molecular complexity index is 646. The summed E-state index contributed by atoms with van der Waals surface area (Å²) in [5, 5.41) is 6.61. The van der Waals surface area contributed by atoms with Gasteiger partial charge in [-0.3, -0.25) is 9.82 Å². The van der Waals surface area contributed by atoms with Crippen LogP contribution in [-0.2, 0) is 10.0 Å². The van der Waals surface area contributed by atoms with Crippen LogP contribution in [0.15, 0.2) is 14.9 Å². The van der Waals surface area contributed by atoms with Crippen molar-refractivity contribution in [3.63, 3.8) is 0 Å². The van der Waals surface area contributed by atoms with E-state index in [0.29, 0.717) is 10.3 Å². The molecular weight excluding hydrogens is 328 g/mol. The molecule has 6 nitrogen and oxygen atoms in total. The summed E-state index contributed by atoms with van der Waals surface area (Å²) in [6.45, 7) is 3.61. The molecular formula is C8H9BrN4O2S2. The van der Waals surface area contributed by atoms with Crippen molar-refractivity contribution in [2.24, 2.45) is 0 Å². The van der Waals surface area contributed by atoms with Crippen molar-refractivity contribution in [3.05, 3.63) is 21.9 Å². The third-order valence-corrected chi connectivity index (χ3v) is 6.00. The van der Waals surface area contributed by atoms with Crippen molar-refractivity contribution in [1.82, 2.24) is 14.6 Å². The molecule has 92 valence electrons. The first-order chi connectivity index (χ1) is 7.92. The number of rotatable bonds is 3. The highest BCUT2D eigenvalue weighted by atomic mass is 79.9. The zero-order valence-corrected chi connectivity index (χ0v) is 12.2. The fourth-order valence-electron chi connectivity index (χ4n) is 1.15. The number of sulfonamides is 1. The van der Waals surface area contributed by atoms with Gasteiger partial charge in [-0.2, -0.15) is 9.47 Å². The third kappa shape index (κ3) is 2.35. The number of nitrogens with one attached hydrogen (secondary N) is 2. The number of H-pyrrole nitrogens is 1. The van der Waals surface area contributed by atoms with Gasteiger partial charge in [0.2, 0.25) is 0 Å². The highest BCUT2D eigenvalue weighted by Gasteiger charge is 2.22. The highest BCUT2D eigenvalue weighted by Crippen LogP contribution is 2.27. The van der Waals surface area contributed by atoms with Gasteiger partial charge in [-0.05, 0) is 41.3 Å². The van der Waals surface area contributed by atoms with Crippen LogP contribution < -0.4 is 4.72 Å². The van der Waals surface area contributed by atoms with E-state index in [2.05, 4.69) is 35.2 Å². The zero-order chi connectivity index (χ0) is 12.6. The van der Waals surface area contributed by atoms with Crippen molar-refractivity contribution in [2.75, 3.05) is 4.72 Å². The van der Waals surface area contributed by atoms with Gasteiger partial charge in [-0.25, -0.2) is 8.42 Å². The number of anilines is 1. The Hall–Kier alpha value is -0.930. The second-order valence-electron chi connectivity index (χ2n) is 3.39. The van der Waals surface area contributed by atoms with Gasteiger partial charge >= 0.3 is 0 Å². The average Bonchev–Trinajstić information content (AvgIpc) is 2.80. The Morgan fingerprint density at radius 3 is 2.65 bits per heavy atom. The first kappa shape index (κ1) is 12.5. The van der Waals surface area contributed by atoms with Crippen LogP contribution in [0.1, 0.15) is 11.3 Å². The number of aromatic nitrogens is 3. The van der Waals surface area contributed by atoms with Crippen LogP contribution in [-0.4, -0.2) is 23.0 Å². The first-order valence-corrected chi connectivity index (χ1v) is 7.61. The van der Waals surface area contributed by atoms with Gasteiger partial charge in [-0.1, -0.05) is 0 Å². The van der Waals surface area contributed by atoms with E-state index in [1.54, 1.807) is 6.92 Å². The largest absolute Gasteiger partial charge is 0.280 e. The minimum Gasteiger partial charge on any atom is -0.280 e. The predicted octanol–water partition coefficient (Wildman–Crippen LogP) is 2.05. The van der Waals surface area contributed by atoms with E-state index in [9.17, 15) is 8.42 Å². The second kappa shape index (κ2) is 4.39. The van der Waals surface area contributed by atoms with E-state index in [1.807, 2.05) is 6.92 Å². The fourth-order valence-corrected chi connectivity index (χ4v) is 4.14. The molecule has 0 radical (unpaired) electrons. The molecule has 0 aromatic carbocycles. The van der Waals surface area contributed by atoms with Crippen LogP contribution in [0.3, 0.4) is 0 Å². The Kier molecular flexibility index (Phi) is 3.23. The van der Waals surface area contributed by atoms with Gasteiger partial charge in [0.1, 0.15) is 0 Å². The minimum absolute atomic E-state index is 0.137. The molecule has 0 aliphatic rings. The summed E-state index contributed by atoms with van der Waals surface area (Å²) in [6, 6.07) is 0. The lowest BCUT2D eigenvalue weighted by Gasteiger charge is -2.03. The van der Waals surface area contributed by atoms with E-state index in [4.69, 9.17) is 0 Å². The molecule has 0 unspecified atom stereocenters. The molecule has 9 heteroatoms. The number of aryl methyl sites for hydroxylation is 1. The van der Waals surface area contributed by atoms with Crippen molar-refractivity contribution in [1.29, 1.82) is 0 Å². The molecule has 0 fully saturated rings. The van der Waals surface area contributed by atoms with Gasteiger partial charge in [0.25, 0.3) is 10.0 Å². The van der Waals surface area contributed by atoms with Gasteiger partial charge in [-0.15, -0.1) is 0 Å². The molecule has 0 saturated carbocycles. The first-order valence-electron chi connectivity index (χ1n) is 4.56. The lowest BCUT2D eigenvalue weighted by atomic mass is 10.3. The maximum Gasteiger partial charge on any atom is 0.275 e. The van der Waals surface area contributed by atoms with Crippen molar-refractivity contribution >= 4 is 43.3 Å². The molecule has 2 aromatic rings. The minimum atomic E-state index is -3.63. The summed E-state index contributed by atoms with van der Waals surface area (Å²) in [5.41, 5.74) is 1.60. The molecule has 2 N–H and O–H groups in total. The van der Waals surface area contributed by atoms with E-state index in [0.717, 1.165) is 22.8 Å². The molecule has 2 heterocycles. The Morgan fingerprint density at radius 1 is 1.47 bits per heavy atom. The predicted molar refractivity (Wildman–Crippen MR) is 68.7 cm³/mol. The summed E-state index contributed by atoms with van der Waals surface area (Å²) in [5.74, 6) is 0.308. The summed E-state index contributed by atoms with van der Waals surface area (Å²) >= 11 is 4.04. The monoisotopic (exact) mass is 336 g/mol. The second-order valence-corrected chi connectivity index (χ2v) is 6.92.